The van der Waals surface area contributed by atoms with Crippen LogP contribution in [0, 0.1) is 6.92 Å². The van der Waals surface area contributed by atoms with Gasteiger partial charge in [-0.2, -0.15) is 0 Å². The van der Waals surface area contributed by atoms with Crippen LogP contribution in [-0.2, 0) is 6.61 Å². The third-order valence-corrected chi connectivity index (χ3v) is 5.66. The summed E-state index contributed by atoms with van der Waals surface area (Å²) in [6, 6.07) is 21.2. The Hall–Kier alpha value is -2.24. The van der Waals surface area contributed by atoms with Crippen molar-refractivity contribution in [1.29, 1.82) is 0 Å². The Bertz CT molecular complexity index is 938. The molecule has 1 unspecified atom stereocenters. The quantitative estimate of drug-likeness (QED) is 0.416. The molecule has 4 nitrogen and oxygen atoms in total. The molecule has 6 heteroatoms. The SMILES string of the molecule is COc1cccc(OC)c1C(=O)Pc1ccc(OCc2ccccc2)cc1C.[Li]. The molecule has 1 atom stereocenters. The van der Waals surface area contributed by atoms with E-state index in [-0.39, 0.29) is 33.0 Å². The first-order valence-electron chi connectivity index (χ1n) is 8.92. The molecule has 0 aromatic heterocycles. The minimum absolute atomic E-state index is 0. The van der Waals surface area contributed by atoms with E-state index in [0.29, 0.717) is 23.7 Å². The number of methoxy groups -OCH3 is 2. The minimum atomic E-state index is -0.0298. The van der Waals surface area contributed by atoms with Gasteiger partial charge in [0.15, 0.2) is 5.52 Å². The summed E-state index contributed by atoms with van der Waals surface area (Å²) in [5.74, 6) is 1.84. The van der Waals surface area contributed by atoms with E-state index in [0.717, 1.165) is 22.2 Å². The van der Waals surface area contributed by atoms with Crippen LogP contribution in [0.2, 0.25) is 0 Å². The van der Waals surface area contributed by atoms with Gasteiger partial charge in [0.1, 0.15) is 29.4 Å². The van der Waals surface area contributed by atoms with Crippen LogP contribution in [-0.4, -0.2) is 38.6 Å². The Morgan fingerprint density at radius 3 is 2.14 bits per heavy atom. The molecular weight excluding hydrogens is 378 g/mol. The maximum Gasteiger partial charge on any atom is 0.193 e. The summed E-state index contributed by atoms with van der Waals surface area (Å²) in [6.45, 7) is 2.50. The number of carbonyl (C=O) groups excluding carboxylic acids is 1. The number of carbonyl (C=O) groups is 1. The van der Waals surface area contributed by atoms with Gasteiger partial charge in [0.2, 0.25) is 0 Å². The van der Waals surface area contributed by atoms with Crippen LogP contribution < -0.4 is 19.5 Å². The van der Waals surface area contributed by atoms with Gasteiger partial charge in [-0.05, 0) is 56.2 Å². The molecule has 145 valence electrons. The molecule has 1 radical (unpaired) electrons. The number of benzene rings is 3. The van der Waals surface area contributed by atoms with Crippen molar-refractivity contribution in [3.8, 4) is 17.2 Å². The van der Waals surface area contributed by atoms with Gasteiger partial charge in [-0.3, -0.25) is 4.79 Å². The second-order valence-electron chi connectivity index (χ2n) is 6.24. The number of rotatable bonds is 8. The minimum Gasteiger partial charge on any atom is -0.496 e. The van der Waals surface area contributed by atoms with E-state index >= 15 is 0 Å². The van der Waals surface area contributed by atoms with Crippen LogP contribution in [0.15, 0.2) is 66.7 Å². The van der Waals surface area contributed by atoms with Crippen molar-refractivity contribution in [3.63, 3.8) is 0 Å². The van der Waals surface area contributed by atoms with E-state index in [2.05, 4.69) is 0 Å². The molecule has 0 amide bonds. The molecule has 0 spiro atoms. The molecule has 3 rings (SSSR count). The second-order valence-corrected chi connectivity index (χ2v) is 7.49. The smallest absolute Gasteiger partial charge is 0.193 e. The zero-order valence-electron chi connectivity index (χ0n) is 17.2. The fraction of sp³-hybridized carbons (Fsp3) is 0.174. The Kier molecular flexibility index (Phi) is 8.80. The summed E-state index contributed by atoms with van der Waals surface area (Å²) in [5, 5.41) is 0.977. The summed E-state index contributed by atoms with van der Waals surface area (Å²) in [7, 11) is 3.08. The van der Waals surface area contributed by atoms with Crippen molar-refractivity contribution >= 4 is 38.3 Å². The Labute approximate surface area is 185 Å². The maximum absolute atomic E-state index is 12.9. The van der Waals surface area contributed by atoms with Crippen molar-refractivity contribution in [2.24, 2.45) is 0 Å². The van der Waals surface area contributed by atoms with Gasteiger partial charge in [0.05, 0.1) is 14.2 Å². The van der Waals surface area contributed by atoms with E-state index in [9.17, 15) is 4.79 Å². The molecule has 0 aliphatic rings. The monoisotopic (exact) mass is 401 g/mol. The number of hydrogen-bond acceptors (Lipinski definition) is 4. The summed E-state index contributed by atoms with van der Waals surface area (Å²) in [4.78, 5) is 12.9. The van der Waals surface area contributed by atoms with Gasteiger partial charge in [-0.15, -0.1) is 0 Å². The van der Waals surface area contributed by atoms with Gasteiger partial charge in [0.25, 0.3) is 0 Å². The predicted octanol–water partition coefficient (Wildman–Crippen LogP) is 4.35. The first kappa shape index (κ1) is 23.0. The topological polar surface area (TPSA) is 44.8 Å². The van der Waals surface area contributed by atoms with Gasteiger partial charge >= 0.3 is 0 Å². The standard InChI is InChI=1S/C23H23O4P.Li/c1-16-14-18(27-15-17-8-5-4-6-9-17)12-13-21(16)28-23(24)22-19(25-2)10-7-11-20(22)26-3;/h4-14,28H,15H2,1-3H3;. The van der Waals surface area contributed by atoms with Gasteiger partial charge in [-0.25, -0.2) is 0 Å². The number of aryl methyl sites for hydroxylation is 1. The third-order valence-electron chi connectivity index (χ3n) is 4.35. The summed E-state index contributed by atoms with van der Waals surface area (Å²) in [6.07, 6.45) is 0. The molecule has 0 aliphatic carbocycles. The molecule has 0 heterocycles. The summed E-state index contributed by atoms with van der Waals surface area (Å²) >= 11 is 0. The van der Waals surface area contributed by atoms with Crippen LogP contribution >= 0.6 is 8.58 Å². The van der Waals surface area contributed by atoms with Crippen molar-refractivity contribution in [3.05, 3.63) is 83.4 Å². The first-order valence-corrected chi connectivity index (χ1v) is 9.92. The van der Waals surface area contributed by atoms with Gasteiger partial charge < -0.3 is 14.2 Å². The Balaban J connectivity index is 0.00000300. The Morgan fingerprint density at radius 2 is 1.55 bits per heavy atom. The largest absolute Gasteiger partial charge is 0.496 e. The van der Waals surface area contributed by atoms with E-state index < -0.39 is 0 Å². The zero-order chi connectivity index (χ0) is 19.9. The molecule has 0 saturated heterocycles. The normalized spacial score (nSPS) is 10.4. The average Bonchev–Trinajstić information content (AvgIpc) is 2.74. The van der Waals surface area contributed by atoms with Crippen LogP contribution in [0.4, 0.5) is 0 Å². The number of ether oxygens (including phenoxy) is 3. The molecule has 29 heavy (non-hydrogen) atoms. The average molecular weight is 401 g/mol. The zero-order valence-corrected chi connectivity index (χ0v) is 18.2. The van der Waals surface area contributed by atoms with Gasteiger partial charge in [0, 0.05) is 18.9 Å². The predicted molar refractivity (Wildman–Crippen MR) is 120 cm³/mol. The van der Waals surface area contributed by atoms with E-state index in [4.69, 9.17) is 14.2 Å². The fourth-order valence-electron chi connectivity index (χ4n) is 2.87. The fourth-order valence-corrected chi connectivity index (χ4v) is 3.92. The van der Waals surface area contributed by atoms with Crippen LogP contribution in [0.1, 0.15) is 21.5 Å². The molecule has 3 aromatic rings. The van der Waals surface area contributed by atoms with Crippen molar-refractivity contribution in [2.75, 3.05) is 14.2 Å². The summed E-state index contributed by atoms with van der Waals surface area (Å²) in [5.41, 5.74) is 2.60. The van der Waals surface area contributed by atoms with Crippen LogP contribution in [0.3, 0.4) is 0 Å². The molecule has 0 bridgehead atoms. The van der Waals surface area contributed by atoms with Crippen molar-refractivity contribution in [2.45, 2.75) is 13.5 Å². The summed E-state index contributed by atoms with van der Waals surface area (Å²) < 4.78 is 16.6. The maximum atomic E-state index is 12.9. The van der Waals surface area contributed by atoms with E-state index in [1.807, 2.05) is 61.5 Å². The van der Waals surface area contributed by atoms with Crippen LogP contribution in [0.5, 0.6) is 17.2 Å². The second kappa shape index (κ2) is 11.1. The van der Waals surface area contributed by atoms with E-state index in [1.165, 1.54) is 0 Å². The van der Waals surface area contributed by atoms with E-state index in [1.54, 1.807) is 26.4 Å². The first-order chi connectivity index (χ1) is 13.6. The van der Waals surface area contributed by atoms with Crippen LogP contribution in [0.25, 0.3) is 0 Å². The molecule has 0 N–H and O–H groups in total. The van der Waals surface area contributed by atoms with Gasteiger partial charge in [-0.1, -0.05) is 42.5 Å². The molecular formula is C23H23LiO4P. The molecule has 0 fully saturated rings. The van der Waals surface area contributed by atoms with Crippen molar-refractivity contribution in [1.82, 2.24) is 0 Å². The molecule has 0 aliphatic heterocycles. The molecule has 0 saturated carbocycles. The Morgan fingerprint density at radius 1 is 0.897 bits per heavy atom. The molecule has 3 aromatic carbocycles. The van der Waals surface area contributed by atoms with Crippen molar-refractivity contribution < 1.29 is 19.0 Å². The third kappa shape index (κ3) is 5.87. The number of hydrogen-bond donors (Lipinski definition) is 0.